The molecule has 1 unspecified atom stereocenters. The average Bonchev–Trinajstić information content (AvgIpc) is 2.69. The lowest BCUT2D eigenvalue weighted by Gasteiger charge is -2.33. The molecule has 1 saturated heterocycles. The van der Waals surface area contributed by atoms with E-state index in [4.69, 9.17) is 11.6 Å². The van der Waals surface area contributed by atoms with Gasteiger partial charge in [0.15, 0.2) is 0 Å². The monoisotopic (exact) mass is 385 g/mol. The van der Waals surface area contributed by atoms with Crippen molar-refractivity contribution < 1.29 is 9.59 Å². The molecule has 2 amide bonds. The molecule has 27 heavy (non-hydrogen) atoms. The van der Waals surface area contributed by atoms with Crippen molar-refractivity contribution in [1.29, 1.82) is 0 Å². The molecule has 0 aliphatic carbocycles. The molecule has 2 aromatic rings. The molecule has 0 saturated carbocycles. The summed E-state index contributed by atoms with van der Waals surface area (Å²) in [7, 11) is 0. The third kappa shape index (κ3) is 5.79. The van der Waals surface area contributed by atoms with E-state index in [-0.39, 0.29) is 24.2 Å². The number of piperidine rings is 1. The van der Waals surface area contributed by atoms with Crippen LogP contribution in [0.3, 0.4) is 0 Å². The predicted molar refractivity (Wildman–Crippen MR) is 105 cm³/mol. The first-order valence-corrected chi connectivity index (χ1v) is 9.66. The third-order valence-corrected chi connectivity index (χ3v) is 5.24. The zero-order valence-corrected chi connectivity index (χ0v) is 16.0. The van der Waals surface area contributed by atoms with Crippen LogP contribution in [0.5, 0.6) is 0 Å². The van der Waals surface area contributed by atoms with E-state index in [1.165, 1.54) is 0 Å². The molecular formula is C21H24ClN3O2. The largest absolute Gasteiger partial charge is 0.355 e. The van der Waals surface area contributed by atoms with E-state index in [1.807, 2.05) is 35.2 Å². The molecule has 1 N–H and O–H groups in total. The Morgan fingerprint density at radius 3 is 2.70 bits per heavy atom. The van der Waals surface area contributed by atoms with Crippen LogP contribution in [0.2, 0.25) is 5.02 Å². The van der Waals surface area contributed by atoms with Gasteiger partial charge in [0, 0.05) is 37.1 Å². The molecule has 1 fully saturated rings. The van der Waals surface area contributed by atoms with Crippen molar-refractivity contribution >= 4 is 23.4 Å². The summed E-state index contributed by atoms with van der Waals surface area (Å²) in [4.78, 5) is 30.6. The van der Waals surface area contributed by atoms with Crippen molar-refractivity contribution in [3.63, 3.8) is 0 Å². The van der Waals surface area contributed by atoms with Crippen LogP contribution < -0.4 is 5.32 Å². The molecule has 0 bridgehead atoms. The molecule has 1 aromatic heterocycles. The molecule has 0 radical (unpaired) electrons. The summed E-state index contributed by atoms with van der Waals surface area (Å²) in [6, 6.07) is 11.1. The zero-order valence-electron chi connectivity index (χ0n) is 15.2. The van der Waals surface area contributed by atoms with Crippen molar-refractivity contribution in [3.8, 4) is 0 Å². The second-order valence-corrected chi connectivity index (χ2v) is 7.36. The highest BCUT2D eigenvalue weighted by Gasteiger charge is 2.24. The quantitative estimate of drug-likeness (QED) is 0.831. The number of hydrogen-bond acceptors (Lipinski definition) is 3. The van der Waals surface area contributed by atoms with Gasteiger partial charge in [-0.25, -0.2) is 0 Å². The highest BCUT2D eigenvalue weighted by Crippen LogP contribution is 2.18. The average molecular weight is 386 g/mol. The number of carbonyl (C=O) groups is 2. The second-order valence-electron chi connectivity index (χ2n) is 6.95. The highest BCUT2D eigenvalue weighted by molar-refractivity contribution is 6.31. The Balaban J connectivity index is 1.46. The fraction of sp³-hybridized carbons (Fsp3) is 0.381. The molecule has 1 aliphatic heterocycles. The van der Waals surface area contributed by atoms with Crippen molar-refractivity contribution in [2.24, 2.45) is 5.92 Å². The second kappa shape index (κ2) is 9.51. The van der Waals surface area contributed by atoms with Gasteiger partial charge in [-0.05, 0) is 48.1 Å². The molecule has 142 valence electrons. The minimum absolute atomic E-state index is 0.0386. The first kappa shape index (κ1) is 19.4. The van der Waals surface area contributed by atoms with E-state index in [9.17, 15) is 9.59 Å². The van der Waals surface area contributed by atoms with Gasteiger partial charge in [-0.2, -0.15) is 0 Å². The molecule has 0 spiro atoms. The van der Waals surface area contributed by atoms with Gasteiger partial charge in [-0.15, -0.1) is 0 Å². The number of nitrogens with zero attached hydrogens (tertiary/aromatic N) is 2. The van der Waals surface area contributed by atoms with Crippen molar-refractivity contribution in [2.75, 3.05) is 19.6 Å². The van der Waals surface area contributed by atoms with E-state index in [1.54, 1.807) is 18.5 Å². The van der Waals surface area contributed by atoms with Gasteiger partial charge >= 0.3 is 0 Å². The lowest BCUT2D eigenvalue weighted by molar-refractivity contribution is -0.132. The fourth-order valence-corrected chi connectivity index (χ4v) is 3.58. The number of carbonyl (C=O) groups excluding carboxylic acids is 2. The van der Waals surface area contributed by atoms with Gasteiger partial charge in [0.1, 0.15) is 0 Å². The number of amides is 2. The Bertz CT molecular complexity index is 782. The van der Waals surface area contributed by atoms with E-state index in [0.717, 1.165) is 30.5 Å². The Morgan fingerprint density at radius 2 is 1.93 bits per heavy atom. The smallest absolute Gasteiger partial charge is 0.227 e. The van der Waals surface area contributed by atoms with E-state index in [2.05, 4.69) is 10.3 Å². The molecule has 1 aliphatic rings. The summed E-state index contributed by atoms with van der Waals surface area (Å²) in [5.74, 6) is 0.381. The summed E-state index contributed by atoms with van der Waals surface area (Å²) in [5, 5.41) is 3.60. The maximum atomic E-state index is 12.5. The van der Waals surface area contributed by atoms with Crippen LogP contribution >= 0.6 is 11.6 Å². The van der Waals surface area contributed by atoms with E-state index in [0.29, 0.717) is 24.5 Å². The maximum Gasteiger partial charge on any atom is 0.227 e. The van der Waals surface area contributed by atoms with E-state index >= 15 is 0 Å². The normalized spacial score (nSPS) is 16.8. The number of pyridine rings is 1. The summed E-state index contributed by atoms with van der Waals surface area (Å²) < 4.78 is 0. The van der Waals surface area contributed by atoms with Crippen LogP contribution in [0.15, 0.2) is 48.8 Å². The molecule has 5 nitrogen and oxygen atoms in total. The van der Waals surface area contributed by atoms with Crippen molar-refractivity contribution in [3.05, 3.63) is 64.9 Å². The molecule has 2 heterocycles. The van der Waals surface area contributed by atoms with Gasteiger partial charge in [-0.3, -0.25) is 14.6 Å². The van der Waals surface area contributed by atoms with Crippen molar-refractivity contribution in [2.45, 2.75) is 25.7 Å². The van der Waals surface area contributed by atoms with Gasteiger partial charge in [-0.1, -0.05) is 29.8 Å². The summed E-state index contributed by atoms with van der Waals surface area (Å²) in [5.41, 5.74) is 1.81. The fourth-order valence-electron chi connectivity index (χ4n) is 3.38. The maximum absolute atomic E-state index is 12.5. The highest BCUT2D eigenvalue weighted by atomic mass is 35.5. The van der Waals surface area contributed by atoms with E-state index < -0.39 is 0 Å². The number of likely N-dealkylation sites (tertiary alicyclic amines) is 1. The summed E-state index contributed by atoms with van der Waals surface area (Å²) >= 11 is 6.11. The molecular weight excluding hydrogens is 362 g/mol. The Hall–Kier alpha value is -2.40. The summed E-state index contributed by atoms with van der Waals surface area (Å²) in [6.45, 7) is 2.06. The topological polar surface area (TPSA) is 62.3 Å². The SMILES string of the molecule is O=C(Cc1ccccc1Cl)NCC1CCCN(C(=O)Cc2ccncc2)C1. The number of nitrogens with one attached hydrogen (secondary N) is 1. The number of aromatic nitrogens is 1. The minimum atomic E-state index is -0.0386. The number of benzene rings is 1. The van der Waals surface area contributed by atoms with Crippen LogP contribution in [0, 0.1) is 5.92 Å². The van der Waals surface area contributed by atoms with Crippen LogP contribution in [0.1, 0.15) is 24.0 Å². The van der Waals surface area contributed by atoms with Crippen LogP contribution in [-0.4, -0.2) is 41.3 Å². The van der Waals surface area contributed by atoms with Gasteiger partial charge in [0.05, 0.1) is 12.8 Å². The predicted octanol–water partition coefficient (Wildman–Crippen LogP) is 2.88. The standard InChI is InChI=1S/C21H24ClN3O2/c22-19-6-2-1-5-18(19)13-20(26)24-14-17-4-3-11-25(15-17)21(27)12-16-7-9-23-10-8-16/h1-2,5-10,17H,3-4,11-15H2,(H,24,26). The Kier molecular flexibility index (Phi) is 6.82. The summed E-state index contributed by atoms with van der Waals surface area (Å²) in [6.07, 6.45) is 6.07. The van der Waals surface area contributed by atoms with Crippen LogP contribution in [0.4, 0.5) is 0 Å². The molecule has 1 aromatic carbocycles. The van der Waals surface area contributed by atoms with Crippen LogP contribution in [-0.2, 0) is 22.4 Å². The minimum Gasteiger partial charge on any atom is -0.355 e. The lowest BCUT2D eigenvalue weighted by atomic mass is 9.97. The number of halogens is 1. The first-order chi connectivity index (χ1) is 13.1. The third-order valence-electron chi connectivity index (χ3n) is 4.87. The number of rotatable bonds is 6. The van der Waals surface area contributed by atoms with Crippen molar-refractivity contribution in [1.82, 2.24) is 15.2 Å². The first-order valence-electron chi connectivity index (χ1n) is 9.28. The molecule has 3 rings (SSSR count). The molecule has 6 heteroatoms. The van der Waals surface area contributed by atoms with Gasteiger partial charge < -0.3 is 10.2 Å². The van der Waals surface area contributed by atoms with Gasteiger partial charge in [0.2, 0.25) is 11.8 Å². The molecule has 1 atom stereocenters. The number of hydrogen-bond donors (Lipinski definition) is 1. The van der Waals surface area contributed by atoms with Gasteiger partial charge in [0.25, 0.3) is 0 Å². The Morgan fingerprint density at radius 1 is 1.15 bits per heavy atom. The Labute approximate surface area is 164 Å². The van der Waals surface area contributed by atoms with Crippen LogP contribution in [0.25, 0.3) is 0 Å². The zero-order chi connectivity index (χ0) is 19.1. The lowest BCUT2D eigenvalue weighted by Crippen LogP contribution is -2.44.